The Hall–Kier alpha value is -2.87. The molecule has 0 bridgehead atoms. The number of morpholine rings is 1. The third-order valence-electron chi connectivity index (χ3n) is 5.87. The van der Waals surface area contributed by atoms with Gasteiger partial charge in [-0.15, -0.1) is 0 Å². The first kappa shape index (κ1) is 21.4. The summed E-state index contributed by atoms with van der Waals surface area (Å²) in [5.41, 5.74) is 1.19. The standard InChI is InChI=1S/C23H33N7O/c1-18-17-30(13-14-31-18)22-15-19(6-10-26-22)16-27-23(24-2)28-20-7-11-29(12-8-20)21-5-3-4-9-25-21/h3-6,9-10,15,18,20H,7-8,11-14,16-17H2,1-2H3,(H2,24,27,28). The molecule has 4 rings (SSSR count). The zero-order chi connectivity index (χ0) is 21.5. The maximum atomic E-state index is 5.64. The van der Waals surface area contributed by atoms with Gasteiger partial charge in [0, 0.05) is 58.2 Å². The molecule has 1 atom stereocenters. The average molecular weight is 424 g/mol. The van der Waals surface area contributed by atoms with E-state index in [-0.39, 0.29) is 6.10 Å². The first-order valence-electron chi connectivity index (χ1n) is 11.2. The number of hydrogen-bond donors (Lipinski definition) is 2. The maximum Gasteiger partial charge on any atom is 0.191 e. The fraction of sp³-hybridized carbons (Fsp3) is 0.522. The van der Waals surface area contributed by atoms with E-state index in [0.717, 1.165) is 63.2 Å². The molecule has 166 valence electrons. The summed E-state index contributed by atoms with van der Waals surface area (Å²) in [6.07, 6.45) is 6.10. The lowest BCUT2D eigenvalue weighted by atomic mass is 10.1. The van der Waals surface area contributed by atoms with Gasteiger partial charge in [0.15, 0.2) is 5.96 Å². The molecule has 2 aliphatic heterocycles. The normalized spacial score (nSPS) is 20.6. The molecule has 2 N–H and O–H groups in total. The maximum absolute atomic E-state index is 5.64. The van der Waals surface area contributed by atoms with Crippen molar-refractivity contribution >= 4 is 17.6 Å². The molecule has 0 radical (unpaired) electrons. The second-order valence-corrected chi connectivity index (χ2v) is 8.17. The molecular formula is C23H33N7O. The molecule has 2 saturated heterocycles. The lowest BCUT2D eigenvalue weighted by molar-refractivity contribution is 0.0529. The molecule has 31 heavy (non-hydrogen) atoms. The number of piperidine rings is 1. The highest BCUT2D eigenvalue weighted by atomic mass is 16.5. The number of anilines is 2. The zero-order valence-electron chi connectivity index (χ0n) is 18.5. The van der Waals surface area contributed by atoms with Crippen LogP contribution in [0.1, 0.15) is 25.3 Å². The van der Waals surface area contributed by atoms with Crippen LogP contribution in [0.3, 0.4) is 0 Å². The van der Waals surface area contributed by atoms with Crippen LogP contribution in [0.2, 0.25) is 0 Å². The van der Waals surface area contributed by atoms with Crippen molar-refractivity contribution in [2.75, 3.05) is 49.6 Å². The summed E-state index contributed by atoms with van der Waals surface area (Å²) in [5, 5.41) is 7.04. The van der Waals surface area contributed by atoms with Crippen LogP contribution < -0.4 is 20.4 Å². The molecule has 8 heteroatoms. The minimum atomic E-state index is 0.240. The smallest absolute Gasteiger partial charge is 0.191 e. The fourth-order valence-corrected chi connectivity index (χ4v) is 4.14. The van der Waals surface area contributed by atoms with Crippen LogP contribution in [-0.2, 0) is 11.3 Å². The van der Waals surface area contributed by atoms with Gasteiger partial charge in [0.25, 0.3) is 0 Å². The number of pyridine rings is 2. The molecule has 0 amide bonds. The van der Waals surface area contributed by atoms with Crippen LogP contribution in [0.4, 0.5) is 11.6 Å². The lowest BCUT2D eigenvalue weighted by Crippen LogP contribution is -2.48. The quantitative estimate of drug-likeness (QED) is 0.563. The van der Waals surface area contributed by atoms with E-state index < -0.39 is 0 Å². The van der Waals surface area contributed by atoms with Crippen LogP contribution >= 0.6 is 0 Å². The third-order valence-corrected chi connectivity index (χ3v) is 5.87. The van der Waals surface area contributed by atoms with E-state index >= 15 is 0 Å². The molecule has 0 aromatic carbocycles. The van der Waals surface area contributed by atoms with Gasteiger partial charge >= 0.3 is 0 Å². The average Bonchev–Trinajstić information content (AvgIpc) is 2.83. The first-order chi connectivity index (χ1) is 15.2. The highest BCUT2D eigenvalue weighted by Crippen LogP contribution is 2.18. The second kappa shape index (κ2) is 10.4. The first-order valence-corrected chi connectivity index (χ1v) is 11.2. The van der Waals surface area contributed by atoms with Crippen molar-refractivity contribution in [3.63, 3.8) is 0 Å². The lowest BCUT2D eigenvalue weighted by Gasteiger charge is -2.33. The van der Waals surface area contributed by atoms with E-state index in [0.29, 0.717) is 12.6 Å². The van der Waals surface area contributed by atoms with Crippen molar-refractivity contribution in [2.45, 2.75) is 38.5 Å². The second-order valence-electron chi connectivity index (χ2n) is 8.17. The Morgan fingerprint density at radius 2 is 1.94 bits per heavy atom. The number of ether oxygens (including phenoxy) is 1. The van der Waals surface area contributed by atoms with E-state index in [9.17, 15) is 0 Å². The molecule has 2 aromatic heterocycles. The molecule has 4 heterocycles. The summed E-state index contributed by atoms with van der Waals surface area (Å²) in [5.74, 6) is 2.92. The Kier molecular flexibility index (Phi) is 7.19. The number of guanidine groups is 1. The summed E-state index contributed by atoms with van der Waals surface area (Å²) < 4.78 is 5.64. The number of rotatable bonds is 5. The molecule has 2 aliphatic rings. The molecule has 0 saturated carbocycles. The van der Waals surface area contributed by atoms with Gasteiger partial charge in [-0.1, -0.05) is 6.07 Å². The van der Waals surface area contributed by atoms with Crippen molar-refractivity contribution in [1.29, 1.82) is 0 Å². The topological polar surface area (TPSA) is 77.9 Å². The summed E-state index contributed by atoms with van der Waals surface area (Å²) in [6, 6.07) is 10.7. The highest BCUT2D eigenvalue weighted by Gasteiger charge is 2.21. The predicted molar refractivity (Wildman–Crippen MR) is 125 cm³/mol. The molecular weight excluding hydrogens is 390 g/mol. The number of aliphatic imine (C=N–C) groups is 1. The molecule has 0 spiro atoms. The molecule has 2 fully saturated rings. The van der Waals surface area contributed by atoms with E-state index in [1.165, 1.54) is 5.56 Å². The van der Waals surface area contributed by atoms with Gasteiger partial charge in [0.1, 0.15) is 11.6 Å². The Morgan fingerprint density at radius 3 is 2.68 bits per heavy atom. The van der Waals surface area contributed by atoms with Gasteiger partial charge in [-0.2, -0.15) is 0 Å². The number of nitrogens with one attached hydrogen (secondary N) is 2. The van der Waals surface area contributed by atoms with Crippen LogP contribution in [0.15, 0.2) is 47.7 Å². The fourth-order valence-electron chi connectivity index (χ4n) is 4.14. The van der Waals surface area contributed by atoms with Gasteiger partial charge in [0.2, 0.25) is 0 Å². The van der Waals surface area contributed by atoms with Crippen LogP contribution in [0.25, 0.3) is 0 Å². The molecule has 1 unspecified atom stereocenters. The minimum absolute atomic E-state index is 0.240. The Morgan fingerprint density at radius 1 is 1.10 bits per heavy atom. The van der Waals surface area contributed by atoms with E-state index in [1.807, 2.05) is 31.6 Å². The summed E-state index contributed by atoms with van der Waals surface area (Å²) in [7, 11) is 1.82. The SMILES string of the molecule is CN=C(NCc1ccnc(N2CCOC(C)C2)c1)NC1CCN(c2ccccn2)CC1. The summed E-state index contributed by atoms with van der Waals surface area (Å²) >= 11 is 0. The highest BCUT2D eigenvalue weighted by molar-refractivity contribution is 5.80. The van der Waals surface area contributed by atoms with Gasteiger partial charge in [-0.05, 0) is 49.6 Å². The van der Waals surface area contributed by atoms with Crippen molar-refractivity contribution in [1.82, 2.24) is 20.6 Å². The van der Waals surface area contributed by atoms with E-state index in [4.69, 9.17) is 4.74 Å². The summed E-state index contributed by atoms with van der Waals surface area (Å²) in [6.45, 7) is 7.32. The van der Waals surface area contributed by atoms with Crippen LogP contribution in [0, 0.1) is 0 Å². The van der Waals surface area contributed by atoms with Crippen molar-refractivity contribution in [3.8, 4) is 0 Å². The minimum Gasteiger partial charge on any atom is -0.375 e. The van der Waals surface area contributed by atoms with Crippen LogP contribution in [0.5, 0.6) is 0 Å². The van der Waals surface area contributed by atoms with Crippen molar-refractivity contribution < 1.29 is 4.74 Å². The Bertz CT molecular complexity index is 852. The monoisotopic (exact) mass is 423 g/mol. The molecule has 0 aliphatic carbocycles. The largest absolute Gasteiger partial charge is 0.375 e. The Balaban J connectivity index is 1.26. The van der Waals surface area contributed by atoms with Crippen molar-refractivity contribution in [2.24, 2.45) is 4.99 Å². The number of nitrogens with zero attached hydrogens (tertiary/aromatic N) is 5. The zero-order valence-corrected chi connectivity index (χ0v) is 18.5. The van der Waals surface area contributed by atoms with Gasteiger partial charge < -0.3 is 25.2 Å². The van der Waals surface area contributed by atoms with Gasteiger partial charge in [0.05, 0.1) is 12.7 Å². The predicted octanol–water partition coefficient (Wildman–Crippen LogP) is 2.04. The molecule has 2 aromatic rings. The summed E-state index contributed by atoms with van der Waals surface area (Å²) in [4.78, 5) is 18.1. The number of aromatic nitrogens is 2. The third kappa shape index (κ3) is 5.85. The van der Waals surface area contributed by atoms with E-state index in [2.05, 4.69) is 60.5 Å². The van der Waals surface area contributed by atoms with Crippen molar-refractivity contribution in [3.05, 3.63) is 48.3 Å². The van der Waals surface area contributed by atoms with E-state index in [1.54, 1.807) is 0 Å². The number of hydrogen-bond acceptors (Lipinski definition) is 6. The van der Waals surface area contributed by atoms with Gasteiger partial charge in [-0.3, -0.25) is 4.99 Å². The van der Waals surface area contributed by atoms with Crippen LogP contribution in [-0.4, -0.2) is 67.9 Å². The Labute approximate surface area is 184 Å². The molecule has 8 nitrogen and oxygen atoms in total. The van der Waals surface area contributed by atoms with Gasteiger partial charge in [-0.25, -0.2) is 9.97 Å².